The number of likely N-dealkylation sites (tertiary alicyclic amines) is 1. The van der Waals surface area contributed by atoms with E-state index >= 15 is 0 Å². The Bertz CT molecular complexity index is 223. The fraction of sp³-hybridized carbons (Fsp3) is 0.933. The summed E-state index contributed by atoms with van der Waals surface area (Å²) >= 11 is 0. The molecule has 1 aliphatic rings. The van der Waals surface area contributed by atoms with Crippen molar-refractivity contribution >= 4 is 5.78 Å². The third-order valence-electron chi connectivity index (χ3n) is 4.67. The number of carbonyl (C=O) groups excluding carboxylic acids is 1. The quantitative estimate of drug-likeness (QED) is 0.632. The van der Waals surface area contributed by atoms with Gasteiger partial charge in [0.25, 0.3) is 0 Å². The van der Waals surface area contributed by atoms with Gasteiger partial charge in [0, 0.05) is 6.42 Å². The number of rotatable bonds is 7. The van der Waals surface area contributed by atoms with E-state index in [2.05, 4.69) is 18.7 Å². The molecule has 0 aromatic carbocycles. The van der Waals surface area contributed by atoms with Crippen molar-refractivity contribution in [2.45, 2.75) is 65.7 Å². The average molecular weight is 239 g/mol. The maximum absolute atomic E-state index is 10.8. The number of nitrogens with zero attached hydrogens (tertiary/aromatic N) is 1. The number of carbonyl (C=O) groups is 1. The van der Waals surface area contributed by atoms with Crippen LogP contribution in [0.25, 0.3) is 0 Å². The minimum Gasteiger partial charge on any atom is -0.303 e. The Morgan fingerprint density at radius 3 is 2.18 bits per heavy atom. The predicted octanol–water partition coefficient (Wildman–Crippen LogP) is 3.65. The van der Waals surface area contributed by atoms with Crippen molar-refractivity contribution in [2.24, 2.45) is 5.41 Å². The molecular weight excluding hydrogens is 210 g/mol. The highest BCUT2D eigenvalue weighted by Crippen LogP contribution is 2.37. The lowest BCUT2D eigenvalue weighted by Gasteiger charge is -2.41. The second-order valence-corrected chi connectivity index (χ2v) is 5.71. The van der Waals surface area contributed by atoms with Crippen molar-refractivity contribution in [3.05, 3.63) is 0 Å². The number of Topliss-reactive ketones (excluding diaryl/α,β-unsaturated/α-hetero) is 1. The van der Waals surface area contributed by atoms with E-state index in [-0.39, 0.29) is 0 Å². The highest BCUT2D eigenvalue weighted by molar-refractivity contribution is 5.75. The number of piperidine rings is 1. The minimum atomic E-state index is 0.333. The van der Waals surface area contributed by atoms with Gasteiger partial charge >= 0.3 is 0 Å². The summed E-state index contributed by atoms with van der Waals surface area (Å²) in [5.74, 6) is 0.333. The molecule has 2 heteroatoms. The van der Waals surface area contributed by atoms with Crippen molar-refractivity contribution in [1.82, 2.24) is 4.90 Å². The first-order valence-corrected chi connectivity index (χ1v) is 7.33. The van der Waals surface area contributed by atoms with Crippen LogP contribution in [0.15, 0.2) is 0 Å². The summed E-state index contributed by atoms with van der Waals surface area (Å²) in [4.78, 5) is 13.4. The van der Waals surface area contributed by atoms with Crippen LogP contribution in [0, 0.1) is 5.41 Å². The van der Waals surface area contributed by atoms with Gasteiger partial charge in [0.15, 0.2) is 0 Å². The molecule has 0 saturated carbocycles. The molecule has 0 amide bonds. The lowest BCUT2D eigenvalue weighted by Crippen LogP contribution is -2.40. The van der Waals surface area contributed by atoms with Crippen LogP contribution in [-0.2, 0) is 4.79 Å². The van der Waals surface area contributed by atoms with Gasteiger partial charge in [0.1, 0.15) is 5.78 Å². The van der Waals surface area contributed by atoms with Crippen molar-refractivity contribution in [3.63, 3.8) is 0 Å². The highest BCUT2D eigenvalue weighted by Gasteiger charge is 2.30. The van der Waals surface area contributed by atoms with Gasteiger partial charge in [-0.25, -0.2) is 0 Å². The Morgan fingerprint density at radius 1 is 1.12 bits per heavy atom. The van der Waals surface area contributed by atoms with Crippen molar-refractivity contribution in [1.29, 1.82) is 0 Å². The van der Waals surface area contributed by atoms with Crippen LogP contribution in [0.5, 0.6) is 0 Å². The van der Waals surface area contributed by atoms with Gasteiger partial charge in [0.2, 0.25) is 0 Å². The molecule has 1 aliphatic heterocycles. The summed E-state index contributed by atoms with van der Waals surface area (Å²) in [6.45, 7) is 10.1. The monoisotopic (exact) mass is 239 g/mol. The maximum Gasteiger partial charge on any atom is 0.129 e. The van der Waals surface area contributed by atoms with Gasteiger partial charge in [-0.15, -0.1) is 0 Å². The molecule has 1 rings (SSSR count). The second kappa shape index (κ2) is 7.15. The Kier molecular flexibility index (Phi) is 6.18. The average Bonchev–Trinajstić information content (AvgIpc) is 2.35. The molecule has 1 fully saturated rings. The van der Waals surface area contributed by atoms with Crippen LogP contribution < -0.4 is 0 Å². The highest BCUT2D eigenvalue weighted by atomic mass is 16.1. The van der Waals surface area contributed by atoms with Crippen LogP contribution in [0.1, 0.15) is 65.7 Å². The lowest BCUT2D eigenvalue weighted by atomic mass is 9.74. The Balaban J connectivity index is 2.16. The second-order valence-electron chi connectivity index (χ2n) is 5.71. The SMILES string of the molecule is CCC1(CC)CCN(CCCCC(C)=O)CC1. The van der Waals surface area contributed by atoms with Gasteiger partial charge in [-0.05, 0) is 57.7 Å². The molecule has 2 nitrogen and oxygen atoms in total. The first-order valence-electron chi connectivity index (χ1n) is 7.33. The molecule has 0 bridgehead atoms. The van der Waals surface area contributed by atoms with E-state index in [1.54, 1.807) is 6.92 Å². The lowest BCUT2D eigenvalue weighted by molar-refractivity contribution is -0.117. The largest absolute Gasteiger partial charge is 0.303 e. The van der Waals surface area contributed by atoms with Gasteiger partial charge < -0.3 is 9.69 Å². The van der Waals surface area contributed by atoms with E-state index in [1.165, 1.54) is 51.7 Å². The van der Waals surface area contributed by atoms with Crippen LogP contribution in [-0.4, -0.2) is 30.3 Å². The van der Waals surface area contributed by atoms with Crippen molar-refractivity contribution in [3.8, 4) is 0 Å². The molecule has 1 heterocycles. The number of hydrogen-bond acceptors (Lipinski definition) is 2. The molecule has 0 N–H and O–H groups in total. The standard InChI is InChI=1S/C15H29NO/c1-4-15(5-2)9-12-16(13-10-15)11-7-6-8-14(3)17/h4-13H2,1-3H3. The molecule has 1 saturated heterocycles. The molecule has 0 atom stereocenters. The van der Waals surface area contributed by atoms with Crippen LogP contribution >= 0.6 is 0 Å². The van der Waals surface area contributed by atoms with Crippen LogP contribution in [0.2, 0.25) is 0 Å². The summed E-state index contributed by atoms with van der Waals surface area (Å²) in [6, 6.07) is 0. The molecule has 17 heavy (non-hydrogen) atoms. The number of ketones is 1. The zero-order chi connectivity index (χ0) is 12.7. The Labute approximate surface area is 107 Å². The van der Waals surface area contributed by atoms with Crippen molar-refractivity contribution in [2.75, 3.05) is 19.6 Å². The number of unbranched alkanes of at least 4 members (excludes halogenated alkanes) is 1. The van der Waals surface area contributed by atoms with E-state index in [0.717, 1.165) is 12.8 Å². The van der Waals surface area contributed by atoms with Gasteiger partial charge in [-0.2, -0.15) is 0 Å². The van der Waals surface area contributed by atoms with Crippen molar-refractivity contribution < 1.29 is 4.79 Å². The van der Waals surface area contributed by atoms with Crippen LogP contribution in [0.3, 0.4) is 0 Å². The molecule has 100 valence electrons. The molecule has 0 aromatic heterocycles. The normalized spacial score (nSPS) is 20.4. The molecule has 0 aromatic rings. The third kappa shape index (κ3) is 4.79. The minimum absolute atomic E-state index is 0.333. The Hall–Kier alpha value is -0.370. The van der Waals surface area contributed by atoms with Gasteiger partial charge in [-0.3, -0.25) is 0 Å². The predicted molar refractivity (Wildman–Crippen MR) is 73.2 cm³/mol. The van der Waals surface area contributed by atoms with E-state index in [1.807, 2.05) is 0 Å². The van der Waals surface area contributed by atoms with E-state index < -0.39 is 0 Å². The topological polar surface area (TPSA) is 20.3 Å². The van der Waals surface area contributed by atoms with Gasteiger partial charge in [0.05, 0.1) is 0 Å². The van der Waals surface area contributed by atoms with E-state index in [9.17, 15) is 4.79 Å². The first-order chi connectivity index (χ1) is 8.12. The zero-order valence-electron chi connectivity index (χ0n) is 11.9. The smallest absolute Gasteiger partial charge is 0.129 e. The fourth-order valence-corrected chi connectivity index (χ4v) is 2.92. The Morgan fingerprint density at radius 2 is 1.71 bits per heavy atom. The first kappa shape index (κ1) is 14.7. The molecular formula is C15H29NO. The summed E-state index contributed by atoms with van der Waals surface area (Å²) in [6.07, 6.45) is 8.42. The molecule has 0 radical (unpaired) electrons. The summed E-state index contributed by atoms with van der Waals surface area (Å²) < 4.78 is 0. The zero-order valence-corrected chi connectivity index (χ0v) is 11.9. The summed E-state index contributed by atoms with van der Waals surface area (Å²) in [7, 11) is 0. The maximum atomic E-state index is 10.8. The van der Waals surface area contributed by atoms with E-state index in [4.69, 9.17) is 0 Å². The third-order valence-corrected chi connectivity index (χ3v) is 4.67. The van der Waals surface area contributed by atoms with Gasteiger partial charge in [-0.1, -0.05) is 26.7 Å². The molecule has 0 spiro atoms. The van der Waals surface area contributed by atoms with Crippen LogP contribution in [0.4, 0.5) is 0 Å². The summed E-state index contributed by atoms with van der Waals surface area (Å²) in [5.41, 5.74) is 0.635. The summed E-state index contributed by atoms with van der Waals surface area (Å²) in [5, 5.41) is 0. The van der Waals surface area contributed by atoms with E-state index in [0.29, 0.717) is 11.2 Å². The molecule has 0 aliphatic carbocycles. The number of hydrogen-bond donors (Lipinski definition) is 0. The molecule has 0 unspecified atom stereocenters. The fourth-order valence-electron chi connectivity index (χ4n) is 2.92.